The van der Waals surface area contributed by atoms with E-state index in [0.29, 0.717) is 31.1 Å². The van der Waals surface area contributed by atoms with E-state index in [4.69, 9.17) is 9.88 Å². The average molecular weight is 524 g/mol. The van der Waals surface area contributed by atoms with Gasteiger partial charge in [0.2, 0.25) is 10.0 Å². The Morgan fingerprint density at radius 3 is 2.00 bits per heavy atom. The minimum atomic E-state index is -4.21. The molecule has 198 valence electrons. The van der Waals surface area contributed by atoms with Gasteiger partial charge < -0.3 is 14.5 Å². The van der Waals surface area contributed by atoms with Crippen LogP contribution in [-0.4, -0.2) is 39.4 Å². The van der Waals surface area contributed by atoms with E-state index in [2.05, 4.69) is 18.7 Å². The van der Waals surface area contributed by atoms with Gasteiger partial charge in [-0.1, -0.05) is 75.2 Å². The van der Waals surface area contributed by atoms with Gasteiger partial charge in [-0.3, -0.25) is 4.79 Å². The van der Waals surface area contributed by atoms with Crippen LogP contribution in [0.25, 0.3) is 0 Å². The van der Waals surface area contributed by atoms with Crippen LogP contribution in [0.2, 0.25) is 0 Å². The van der Waals surface area contributed by atoms with E-state index in [-0.39, 0.29) is 22.1 Å². The molecule has 0 aromatic heterocycles. The molecule has 1 amide bonds. The van der Waals surface area contributed by atoms with Crippen molar-refractivity contribution in [2.75, 3.05) is 25.0 Å². The summed E-state index contributed by atoms with van der Waals surface area (Å²) in [6.07, 6.45) is 3.76. The van der Waals surface area contributed by atoms with Gasteiger partial charge in [0, 0.05) is 32.2 Å². The molecule has 0 aliphatic carbocycles. The highest BCUT2D eigenvalue weighted by Gasteiger charge is 2.27. The maximum atomic E-state index is 13.5. The Morgan fingerprint density at radius 1 is 0.892 bits per heavy atom. The quantitative estimate of drug-likeness (QED) is 0.305. The number of ether oxygens (including phenoxy) is 1. The minimum absolute atomic E-state index is 0.142. The Hall–Kier alpha value is -3.36. The van der Waals surface area contributed by atoms with Crippen molar-refractivity contribution >= 4 is 21.6 Å². The van der Waals surface area contributed by atoms with Gasteiger partial charge in [0.25, 0.3) is 5.91 Å². The molecule has 0 aliphatic heterocycles. The Bertz CT molecular complexity index is 1260. The van der Waals surface area contributed by atoms with Crippen LogP contribution in [0.15, 0.2) is 77.7 Å². The number of carbonyl (C=O) groups is 1. The van der Waals surface area contributed by atoms with Crippen LogP contribution < -0.4 is 14.8 Å². The lowest BCUT2D eigenvalue weighted by molar-refractivity contribution is 0.0785. The van der Waals surface area contributed by atoms with Crippen LogP contribution in [0.3, 0.4) is 0 Å². The summed E-state index contributed by atoms with van der Waals surface area (Å²) in [5.74, 6) is 0.329. The fourth-order valence-corrected chi connectivity index (χ4v) is 4.76. The van der Waals surface area contributed by atoms with E-state index < -0.39 is 10.0 Å². The lowest BCUT2D eigenvalue weighted by atomic mass is 10.1. The molecule has 0 unspecified atom stereocenters. The second kappa shape index (κ2) is 13.3. The van der Waals surface area contributed by atoms with Gasteiger partial charge >= 0.3 is 0 Å². The third-order valence-electron chi connectivity index (χ3n) is 6.06. The highest BCUT2D eigenvalue weighted by Crippen LogP contribution is 2.40. The molecule has 0 atom stereocenters. The molecule has 0 saturated carbocycles. The molecule has 3 aromatic carbocycles. The van der Waals surface area contributed by atoms with Crippen LogP contribution in [0.1, 0.15) is 55.5 Å². The molecular weight excluding hydrogens is 486 g/mol. The third kappa shape index (κ3) is 7.81. The van der Waals surface area contributed by atoms with Crippen molar-refractivity contribution in [3.63, 3.8) is 0 Å². The summed E-state index contributed by atoms with van der Waals surface area (Å²) in [6.45, 7) is 5.99. The summed E-state index contributed by atoms with van der Waals surface area (Å²) in [7, 11) is -2.51. The zero-order chi connectivity index (χ0) is 26.8. The van der Waals surface area contributed by atoms with Gasteiger partial charge in [-0.2, -0.15) is 0 Å². The van der Waals surface area contributed by atoms with Crippen molar-refractivity contribution in [1.29, 1.82) is 0 Å². The van der Waals surface area contributed by atoms with Crippen molar-refractivity contribution in [2.45, 2.75) is 51.0 Å². The normalized spacial score (nSPS) is 11.2. The van der Waals surface area contributed by atoms with Gasteiger partial charge in [0.15, 0.2) is 5.75 Å². The summed E-state index contributed by atoms with van der Waals surface area (Å²) in [5.41, 5.74) is 1.77. The van der Waals surface area contributed by atoms with Crippen molar-refractivity contribution < 1.29 is 17.9 Å². The summed E-state index contributed by atoms with van der Waals surface area (Å²) in [6, 6.07) is 21.7. The van der Waals surface area contributed by atoms with Gasteiger partial charge in [-0.05, 0) is 42.7 Å². The molecule has 7 nitrogen and oxygen atoms in total. The molecule has 3 rings (SSSR count). The topological polar surface area (TPSA) is 92.9 Å². The molecular formula is C29H37N3O4S. The monoisotopic (exact) mass is 523 g/mol. The first-order valence-electron chi connectivity index (χ1n) is 12.7. The third-order valence-corrected chi connectivity index (χ3v) is 6.98. The highest BCUT2D eigenvalue weighted by atomic mass is 32.2. The van der Waals surface area contributed by atoms with Crippen LogP contribution in [0.4, 0.5) is 5.69 Å². The minimum Gasteiger partial charge on any atom is -0.454 e. The largest absolute Gasteiger partial charge is 0.454 e. The Morgan fingerprint density at radius 2 is 1.46 bits per heavy atom. The van der Waals surface area contributed by atoms with E-state index in [1.165, 1.54) is 6.07 Å². The van der Waals surface area contributed by atoms with Crippen molar-refractivity contribution in [2.24, 2.45) is 5.14 Å². The Labute approximate surface area is 220 Å². The number of nitrogens with zero attached hydrogens (tertiary/aromatic N) is 2. The number of primary sulfonamides is 1. The molecule has 0 bridgehead atoms. The van der Waals surface area contributed by atoms with Gasteiger partial charge in [0.1, 0.15) is 10.6 Å². The number of hydrogen-bond acceptors (Lipinski definition) is 5. The summed E-state index contributed by atoms with van der Waals surface area (Å²) >= 11 is 0. The van der Waals surface area contributed by atoms with E-state index in [1.807, 2.05) is 48.5 Å². The number of unbranched alkanes of at least 4 members (excludes halogenated alkanes) is 2. The summed E-state index contributed by atoms with van der Waals surface area (Å²) in [4.78, 5) is 17.0. The van der Waals surface area contributed by atoms with Gasteiger partial charge in [0.05, 0.1) is 5.69 Å². The van der Waals surface area contributed by atoms with E-state index in [9.17, 15) is 13.2 Å². The fraction of sp³-hybridized carbons (Fsp3) is 0.345. The van der Waals surface area contributed by atoms with Crippen molar-refractivity contribution in [1.82, 2.24) is 4.90 Å². The van der Waals surface area contributed by atoms with Crippen LogP contribution in [0.5, 0.6) is 11.5 Å². The van der Waals surface area contributed by atoms with E-state index >= 15 is 0 Å². The first-order valence-corrected chi connectivity index (χ1v) is 14.3. The molecule has 0 saturated heterocycles. The summed E-state index contributed by atoms with van der Waals surface area (Å²) in [5, 5.41) is 5.70. The average Bonchev–Trinajstić information content (AvgIpc) is 2.89. The smallest absolute Gasteiger partial charge is 0.254 e. The molecule has 8 heteroatoms. The SMILES string of the molecule is CCCCN(CCCC)c1cc(C(=O)N(C)Cc2ccccc2)cc(S(N)(=O)=O)c1Oc1ccccc1. The first-order chi connectivity index (χ1) is 17.7. The van der Waals surface area contributed by atoms with Crippen LogP contribution in [-0.2, 0) is 16.6 Å². The number of sulfonamides is 1. The standard InChI is InChI=1S/C29H37N3O4S/c1-4-6-18-32(19-7-5-2)26-20-24(29(33)31(3)22-23-14-10-8-11-15-23)21-27(37(30,34)35)28(26)36-25-16-12-9-13-17-25/h8-17,20-21H,4-7,18-19,22H2,1-3H3,(H2,30,34,35). The second-order valence-electron chi connectivity index (χ2n) is 9.12. The van der Waals surface area contributed by atoms with Crippen molar-refractivity contribution in [3.8, 4) is 11.5 Å². The van der Waals surface area contributed by atoms with Crippen LogP contribution >= 0.6 is 0 Å². The number of anilines is 1. The molecule has 2 N–H and O–H groups in total. The zero-order valence-corrected chi connectivity index (χ0v) is 22.7. The molecule has 3 aromatic rings. The number of para-hydroxylation sites is 1. The zero-order valence-electron chi connectivity index (χ0n) is 21.9. The molecule has 37 heavy (non-hydrogen) atoms. The predicted octanol–water partition coefficient (Wildman–Crippen LogP) is 5.81. The number of amides is 1. The lowest BCUT2D eigenvalue weighted by Crippen LogP contribution is -2.29. The Balaban J connectivity index is 2.15. The number of nitrogens with two attached hydrogens (primary N) is 1. The fourth-order valence-electron chi connectivity index (χ4n) is 4.07. The molecule has 0 fully saturated rings. The number of rotatable bonds is 13. The molecule has 0 heterocycles. The number of carbonyl (C=O) groups excluding carboxylic acids is 1. The second-order valence-corrected chi connectivity index (χ2v) is 10.7. The molecule has 0 radical (unpaired) electrons. The molecule has 0 aliphatic rings. The predicted molar refractivity (Wildman–Crippen MR) is 149 cm³/mol. The highest BCUT2D eigenvalue weighted by molar-refractivity contribution is 7.89. The van der Waals surface area contributed by atoms with E-state index in [1.54, 1.807) is 30.1 Å². The van der Waals surface area contributed by atoms with E-state index in [0.717, 1.165) is 31.2 Å². The number of hydrogen-bond donors (Lipinski definition) is 1. The number of benzene rings is 3. The maximum Gasteiger partial charge on any atom is 0.254 e. The lowest BCUT2D eigenvalue weighted by Gasteiger charge is -2.29. The molecule has 0 spiro atoms. The van der Waals surface area contributed by atoms with Gasteiger partial charge in [-0.15, -0.1) is 0 Å². The van der Waals surface area contributed by atoms with Gasteiger partial charge in [-0.25, -0.2) is 13.6 Å². The van der Waals surface area contributed by atoms with Crippen molar-refractivity contribution in [3.05, 3.63) is 83.9 Å². The first kappa shape index (κ1) is 28.2. The van der Waals surface area contributed by atoms with Crippen LogP contribution in [0, 0.1) is 0 Å². The maximum absolute atomic E-state index is 13.5. The Kier molecular flexibility index (Phi) is 10.1. The summed E-state index contributed by atoms with van der Waals surface area (Å²) < 4.78 is 31.8.